The first-order valence-electron chi connectivity index (χ1n) is 13.2. The van der Waals surface area contributed by atoms with Crippen molar-refractivity contribution in [2.75, 3.05) is 19.5 Å². The zero-order valence-corrected chi connectivity index (χ0v) is 22.4. The van der Waals surface area contributed by atoms with Crippen LogP contribution in [0.5, 0.6) is 0 Å². The first kappa shape index (κ1) is 28.9. The molecule has 2 aromatic rings. The topological polar surface area (TPSA) is 91.2 Å². The van der Waals surface area contributed by atoms with E-state index in [2.05, 4.69) is 27.7 Å². The lowest BCUT2D eigenvalue weighted by Gasteiger charge is -2.22. The number of anilines is 1. The molecule has 0 aliphatic rings. The number of ether oxygens (including phenoxy) is 2. The van der Waals surface area contributed by atoms with Gasteiger partial charge in [-0.15, -0.1) is 10.2 Å². The standard InChI is InChI=1S/C27H45N5O3/c1-6-7-8-9-10-11-12-13-14-15-19-32-30-25(29-31-32)20-26(33)28-27-23(21(2)34-4)17-16-18-24(27)22(3)35-5/h16-18,21-22H,6-15,19-20H2,1-5H3,(H,28,33). The summed E-state index contributed by atoms with van der Waals surface area (Å²) in [5.74, 6) is 0.233. The SMILES string of the molecule is CCCCCCCCCCCCn1nnc(CC(=O)Nc2c(C(C)OC)cccc2C(C)OC)n1. The molecule has 1 heterocycles. The summed E-state index contributed by atoms with van der Waals surface area (Å²) in [5.41, 5.74) is 2.53. The van der Waals surface area contributed by atoms with Crippen LogP contribution in [0.2, 0.25) is 0 Å². The molecule has 0 radical (unpaired) electrons. The first-order chi connectivity index (χ1) is 17.0. The van der Waals surface area contributed by atoms with Crippen molar-refractivity contribution in [2.24, 2.45) is 0 Å². The van der Waals surface area contributed by atoms with Crippen LogP contribution in [0, 0.1) is 0 Å². The van der Waals surface area contributed by atoms with Crippen molar-refractivity contribution in [3.05, 3.63) is 35.2 Å². The second-order valence-corrected chi connectivity index (χ2v) is 9.28. The van der Waals surface area contributed by atoms with Gasteiger partial charge in [-0.3, -0.25) is 4.79 Å². The Morgan fingerprint density at radius 3 is 2.00 bits per heavy atom. The molecule has 0 fully saturated rings. The number of hydrogen-bond donors (Lipinski definition) is 1. The summed E-state index contributed by atoms with van der Waals surface area (Å²) in [7, 11) is 3.30. The normalized spacial score (nSPS) is 13.1. The molecule has 1 aromatic heterocycles. The zero-order chi connectivity index (χ0) is 25.5. The molecule has 35 heavy (non-hydrogen) atoms. The van der Waals surface area contributed by atoms with E-state index in [1.54, 1.807) is 19.0 Å². The molecule has 2 unspecified atom stereocenters. The molecule has 0 saturated carbocycles. The van der Waals surface area contributed by atoms with E-state index >= 15 is 0 Å². The van der Waals surface area contributed by atoms with Crippen molar-refractivity contribution in [2.45, 2.75) is 110 Å². The van der Waals surface area contributed by atoms with Crippen LogP contribution >= 0.6 is 0 Å². The fraction of sp³-hybridized carbons (Fsp3) is 0.704. The van der Waals surface area contributed by atoms with E-state index in [4.69, 9.17) is 9.47 Å². The summed E-state index contributed by atoms with van der Waals surface area (Å²) in [6, 6.07) is 5.86. The largest absolute Gasteiger partial charge is 0.377 e. The van der Waals surface area contributed by atoms with Crippen LogP contribution in [0.25, 0.3) is 0 Å². The Labute approximate surface area is 211 Å². The molecule has 0 spiro atoms. The number of unbranched alkanes of at least 4 members (excludes halogenated alkanes) is 9. The number of tetrazole rings is 1. The minimum absolute atomic E-state index is 0.0640. The van der Waals surface area contributed by atoms with E-state index in [9.17, 15) is 4.79 Å². The van der Waals surface area contributed by atoms with Gasteiger partial charge in [0, 0.05) is 25.3 Å². The zero-order valence-electron chi connectivity index (χ0n) is 22.4. The quantitative estimate of drug-likeness (QED) is 0.252. The summed E-state index contributed by atoms with van der Waals surface area (Å²) in [6.07, 6.45) is 12.6. The van der Waals surface area contributed by atoms with Crippen molar-refractivity contribution in [3.8, 4) is 0 Å². The molecule has 0 bridgehead atoms. The highest BCUT2D eigenvalue weighted by atomic mass is 16.5. The van der Waals surface area contributed by atoms with Crippen LogP contribution in [-0.4, -0.2) is 40.3 Å². The number of para-hydroxylation sites is 1. The molecule has 0 saturated heterocycles. The van der Waals surface area contributed by atoms with Gasteiger partial charge in [0.05, 0.1) is 30.9 Å². The Morgan fingerprint density at radius 1 is 0.914 bits per heavy atom. The molecular formula is C27H45N5O3. The van der Waals surface area contributed by atoms with E-state index < -0.39 is 0 Å². The van der Waals surface area contributed by atoms with Crippen LogP contribution in [0.3, 0.4) is 0 Å². The molecule has 8 nitrogen and oxygen atoms in total. The number of rotatable bonds is 18. The average molecular weight is 488 g/mol. The van der Waals surface area contributed by atoms with Crippen molar-refractivity contribution >= 4 is 11.6 Å². The molecule has 1 amide bonds. The highest BCUT2D eigenvalue weighted by Crippen LogP contribution is 2.33. The number of amides is 1. The predicted molar refractivity (Wildman–Crippen MR) is 139 cm³/mol. The monoisotopic (exact) mass is 487 g/mol. The molecule has 0 aliphatic heterocycles. The second kappa shape index (κ2) is 16.4. The summed E-state index contributed by atoms with van der Waals surface area (Å²) >= 11 is 0. The van der Waals surface area contributed by atoms with E-state index in [0.717, 1.165) is 29.8 Å². The van der Waals surface area contributed by atoms with Gasteiger partial charge >= 0.3 is 0 Å². The Bertz CT molecular complexity index is 842. The van der Waals surface area contributed by atoms with Gasteiger partial charge < -0.3 is 14.8 Å². The van der Waals surface area contributed by atoms with Crippen molar-refractivity contribution < 1.29 is 14.3 Å². The second-order valence-electron chi connectivity index (χ2n) is 9.28. The van der Waals surface area contributed by atoms with Crippen LogP contribution in [0.15, 0.2) is 18.2 Å². The van der Waals surface area contributed by atoms with Gasteiger partial charge in [-0.25, -0.2) is 0 Å². The minimum Gasteiger partial charge on any atom is -0.377 e. The summed E-state index contributed by atoms with van der Waals surface area (Å²) in [5, 5.41) is 15.6. The van der Waals surface area contributed by atoms with Crippen LogP contribution in [-0.2, 0) is 27.2 Å². The number of hydrogen-bond acceptors (Lipinski definition) is 6. The van der Waals surface area contributed by atoms with Gasteiger partial charge in [-0.05, 0) is 25.5 Å². The molecule has 196 valence electrons. The predicted octanol–water partition coefficient (Wildman–Crippen LogP) is 6.19. The molecular weight excluding hydrogens is 442 g/mol. The average Bonchev–Trinajstić information content (AvgIpc) is 3.31. The fourth-order valence-electron chi connectivity index (χ4n) is 4.17. The summed E-state index contributed by atoms with van der Waals surface area (Å²) in [6.45, 7) is 6.89. The molecule has 2 rings (SSSR count). The maximum atomic E-state index is 12.9. The van der Waals surface area contributed by atoms with Crippen LogP contribution in [0.1, 0.15) is 114 Å². The number of carbonyl (C=O) groups excluding carboxylic acids is 1. The highest BCUT2D eigenvalue weighted by Gasteiger charge is 2.20. The molecule has 1 aromatic carbocycles. The number of aromatic nitrogens is 4. The summed E-state index contributed by atoms with van der Waals surface area (Å²) in [4.78, 5) is 14.5. The number of aryl methyl sites for hydroxylation is 1. The number of nitrogens with one attached hydrogen (secondary N) is 1. The van der Waals surface area contributed by atoms with E-state index in [1.807, 2.05) is 32.0 Å². The maximum Gasteiger partial charge on any atom is 0.232 e. The number of methoxy groups -OCH3 is 2. The van der Waals surface area contributed by atoms with Gasteiger partial charge in [0.2, 0.25) is 5.91 Å². The molecule has 1 N–H and O–H groups in total. The highest BCUT2D eigenvalue weighted by molar-refractivity contribution is 5.93. The van der Waals surface area contributed by atoms with Gasteiger partial charge in [-0.1, -0.05) is 82.9 Å². The molecule has 0 aliphatic carbocycles. The Hall–Kier alpha value is -2.32. The molecule has 2 atom stereocenters. The number of nitrogens with zero attached hydrogens (tertiary/aromatic N) is 4. The lowest BCUT2D eigenvalue weighted by atomic mass is 9.99. The fourth-order valence-corrected chi connectivity index (χ4v) is 4.17. The van der Waals surface area contributed by atoms with Crippen molar-refractivity contribution in [1.29, 1.82) is 0 Å². The van der Waals surface area contributed by atoms with E-state index in [-0.39, 0.29) is 24.5 Å². The molecule has 8 heteroatoms. The third kappa shape index (κ3) is 10.1. The van der Waals surface area contributed by atoms with Gasteiger partial charge in [0.15, 0.2) is 5.82 Å². The first-order valence-corrected chi connectivity index (χ1v) is 13.2. The van der Waals surface area contributed by atoms with Crippen molar-refractivity contribution in [1.82, 2.24) is 20.2 Å². The van der Waals surface area contributed by atoms with Crippen LogP contribution < -0.4 is 5.32 Å². The van der Waals surface area contributed by atoms with E-state index in [0.29, 0.717) is 5.82 Å². The van der Waals surface area contributed by atoms with Gasteiger partial charge in [0.1, 0.15) is 0 Å². The maximum absolute atomic E-state index is 12.9. The van der Waals surface area contributed by atoms with Gasteiger partial charge in [0.25, 0.3) is 0 Å². The van der Waals surface area contributed by atoms with Crippen molar-refractivity contribution in [3.63, 3.8) is 0 Å². The van der Waals surface area contributed by atoms with Crippen LogP contribution in [0.4, 0.5) is 5.69 Å². The third-order valence-corrected chi connectivity index (χ3v) is 6.50. The Balaban J connectivity index is 1.81. The Morgan fingerprint density at radius 2 is 1.46 bits per heavy atom. The third-order valence-electron chi connectivity index (χ3n) is 6.50. The number of carbonyl (C=O) groups is 1. The number of benzene rings is 1. The van der Waals surface area contributed by atoms with Gasteiger partial charge in [-0.2, -0.15) is 4.80 Å². The smallest absolute Gasteiger partial charge is 0.232 e. The minimum atomic E-state index is -0.191. The Kier molecular flexibility index (Phi) is 13.5. The van der Waals surface area contributed by atoms with E-state index in [1.165, 1.54) is 57.8 Å². The lowest BCUT2D eigenvalue weighted by Crippen LogP contribution is -2.19. The lowest BCUT2D eigenvalue weighted by molar-refractivity contribution is -0.115. The summed E-state index contributed by atoms with van der Waals surface area (Å²) < 4.78 is 11.0.